The molecule has 0 aliphatic rings. The third-order valence-electron chi connectivity index (χ3n) is 4.45. The van der Waals surface area contributed by atoms with Gasteiger partial charge < -0.3 is 22.6 Å². The van der Waals surface area contributed by atoms with Gasteiger partial charge in [0.15, 0.2) is 16.6 Å². The molecule has 0 saturated carbocycles. The number of nitrogens with zero attached hydrogens (tertiary/aromatic N) is 1. The van der Waals surface area contributed by atoms with Crippen LogP contribution in [0.3, 0.4) is 0 Å². The molecule has 26 heavy (non-hydrogen) atoms. The van der Waals surface area contributed by atoms with Crippen LogP contribution in [0.4, 0.5) is 0 Å². The van der Waals surface area contributed by atoms with Crippen molar-refractivity contribution in [2.45, 2.75) is 78.2 Å². The summed E-state index contributed by atoms with van der Waals surface area (Å²) in [7, 11) is -3.26. The van der Waals surface area contributed by atoms with Crippen LogP contribution in [0.5, 0.6) is 0 Å². The maximum Gasteiger partial charge on any atom is 0.314 e. The van der Waals surface area contributed by atoms with Crippen LogP contribution in [-0.2, 0) is 13.0 Å². The van der Waals surface area contributed by atoms with E-state index in [9.17, 15) is 5.11 Å². The maximum absolute atomic E-state index is 10.2. The molecular weight excluding hydrogens is 378 g/mol. The molecule has 0 amide bonds. The minimum Gasteiger partial charge on any atom is -0.437 e. The third kappa shape index (κ3) is 12.8. The molecule has 0 heterocycles. The van der Waals surface area contributed by atoms with E-state index in [1.807, 2.05) is 0 Å². The highest BCUT2D eigenvalue weighted by molar-refractivity contribution is 6.87. The number of aliphatic hydroxyl groups is 1. The van der Waals surface area contributed by atoms with E-state index in [2.05, 4.69) is 66.7 Å². The third-order valence-corrected chi connectivity index (χ3v) is 14.1. The first-order valence-electron chi connectivity index (χ1n) is 10.1. The van der Waals surface area contributed by atoms with E-state index in [4.69, 9.17) is 13.0 Å². The fraction of sp³-hybridized carbons (Fsp3) is 1.00. The molecule has 1 N–H and O–H groups in total. The molecule has 158 valence electrons. The van der Waals surface area contributed by atoms with Crippen LogP contribution in [0.2, 0.25) is 51.9 Å². The smallest absolute Gasteiger partial charge is 0.314 e. The molecule has 0 rings (SSSR count). The largest absolute Gasteiger partial charge is 0.437 e. The molecule has 1 atom stereocenters. The second-order valence-corrected chi connectivity index (χ2v) is 22.7. The first kappa shape index (κ1) is 26.5. The van der Waals surface area contributed by atoms with Gasteiger partial charge in [-0.05, 0) is 72.1 Å². The molecule has 0 aromatic heterocycles. The molecule has 0 aliphatic carbocycles. The van der Waals surface area contributed by atoms with E-state index in [1.165, 1.54) is 0 Å². The molecule has 0 aromatic carbocycles. The van der Waals surface area contributed by atoms with Crippen molar-refractivity contribution in [2.75, 3.05) is 39.9 Å². The molecule has 8 heteroatoms. The summed E-state index contributed by atoms with van der Waals surface area (Å²) in [4.78, 5) is 0. The van der Waals surface area contributed by atoms with Crippen LogP contribution in [0.1, 0.15) is 20.3 Å². The van der Waals surface area contributed by atoms with Crippen LogP contribution in [0, 0.1) is 0 Å². The minimum atomic E-state index is -2.17. The molecule has 0 aromatic rings. The Labute approximate surface area is 166 Å². The van der Waals surface area contributed by atoms with E-state index >= 15 is 0 Å². The number of quaternary nitrogens is 1. The second-order valence-electron chi connectivity index (χ2n) is 9.83. The van der Waals surface area contributed by atoms with Gasteiger partial charge in [0, 0.05) is 6.61 Å². The van der Waals surface area contributed by atoms with Gasteiger partial charge in [-0.1, -0.05) is 0 Å². The van der Waals surface area contributed by atoms with Crippen molar-refractivity contribution in [3.8, 4) is 0 Å². The molecule has 0 bridgehead atoms. The van der Waals surface area contributed by atoms with Gasteiger partial charge in [-0.2, -0.15) is 0 Å². The lowest BCUT2D eigenvalue weighted by atomic mass is 10.3. The van der Waals surface area contributed by atoms with Gasteiger partial charge in [0.25, 0.3) is 0 Å². The summed E-state index contributed by atoms with van der Waals surface area (Å²) in [6.45, 7) is 23.8. The lowest BCUT2D eigenvalue weighted by Gasteiger charge is -2.38. The molecule has 0 radical (unpaired) electrons. The Hall–Kier alpha value is 0.451. The topological polar surface area (TPSA) is 47.9 Å². The summed E-state index contributed by atoms with van der Waals surface area (Å²) in [6.07, 6.45) is 0.526. The van der Waals surface area contributed by atoms with Gasteiger partial charge in [-0.25, -0.2) is 0 Å². The highest BCUT2D eigenvalue weighted by Crippen LogP contribution is 2.25. The number of hydrogen-bond donors (Lipinski definition) is 1. The monoisotopic (exact) mass is 424 g/mol. The molecular formula is C18H46NO4Si3+. The van der Waals surface area contributed by atoms with E-state index in [-0.39, 0.29) is 0 Å². The van der Waals surface area contributed by atoms with Gasteiger partial charge in [0.05, 0.1) is 26.7 Å². The molecule has 0 saturated heterocycles. The summed E-state index contributed by atoms with van der Waals surface area (Å²) >= 11 is 0. The maximum atomic E-state index is 10.2. The number of ether oxygens (including phenoxy) is 1. The quantitative estimate of drug-likeness (QED) is 0.260. The normalized spacial score (nSPS) is 15.3. The Morgan fingerprint density at radius 2 is 1.35 bits per heavy atom. The first-order chi connectivity index (χ1) is 11.6. The van der Waals surface area contributed by atoms with Crippen molar-refractivity contribution in [1.82, 2.24) is 0 Å². The van der Waals surface area contributed by atoms with E-state index in [0.717, 1.165) is 36.6 Å². The summed E-state index contributed by atoms with van der Waals surface area (Å²) in [5.41, 5.74) is 0. The molecule has 0 aliphatic heterocycles. The summed E-state index contributed by atoms with van der Waals surface area (Å²) in [5, 5.41) is 10.2. The zero-order valence-corrected chi connectivity index (χ0v) is 22.1. The Kier molecular flexibility index (Phi) is 11.0. The molecule has 0 fully saturated rings. The lowest BCUT2D eigenvalue weighted by Crippen LogP contribution is -2.52. The average molecular weight is 425 g/mol. The Morgan fingerprint density at radius 1 is 0.885 bits per heavy atom. The highest BCUT2D eigenvalue weighted by Gasteiger charge is 2.39. The minimum absolute atomic E-state index is 0.403. The fourth-order valence-corrected chi connectivity index (χ4v) is 15.7. The van der Waals surface area contributed by atoms with E-state index < -0.39 is 31.3 Å². The Bertz CT molecular complexity index is 377. The zero-order valence-electron chi connectivity index (χ0n) is 19.1. The van der Waals surface area contributed by atoms with Gasteiger partial charge in [0.2, 0.25) is 0 Å². The summed E-state index contributed by atoms with van der Waals surface area (Å²) in [6, 6.07) is 0.954. The number of aliphatic hydroxyl groups excluding tert-OH is 1. The van der Waals surface area contributed by atoms with Gasteiger partial charge in [-0.15, -0.1) is 0 Å². The summed E-state index contributed by atoms with van der Waals surface area (Å²) < 4.78 is 19.7. The number of rotatable bonds is 14. The van der Waals surface area contributed by atoms with Crippen molar-refractivity contribution < 1.29 is 22.6 Å². The molecule has 1 unspecified atom stereocenters. The standard InChI is InChI=1S/C18H46NO4Si3/c1-11-19(3,12-2)16-18(20)17-21-14-13-15-26(10,22-24(4,5)6)23-25(7,8)9/h18,20H,11-17H2,1-10H3/q+1. The Balaban J connectivity index is 4.39. The molecule has 0 spiro atoms. The van der Waals surface area contributed by atoms with Crippen molar-refractivity contribution in [1.29, 1.82) is 0 Å². The van der Waals surface area contributed by atoms with Gasteiger partial charge in [-0.3, -0.25) is 0 Å². The average Bonchev–Trinajstić information content (AvgIpc) is 2.42. The first-order valence-corrected chi connectivity index (χ1v) is 19.5. The number of likely N-dealkylation sites (N-methyl/N-ethyl adjacent to an activating group) is 1. The van der Waals surface area contributed by atoms with E-state index in [0.29, 0.717) is 13.2 Å². The van der Waals surface area contributed by atoms with Crippen LogP contribution in [0.15, 0.2) is 0 Å². The van der Waals surface area contributed by atoms with Gasteiger partial charge >= 0.3 is 8.56 Å². The fourth-order valence-electron chi connectivity index (χ4n) is 3.18. The predicted molar refractivity (Wildman–Crippen MR) is 119 cm³/mol. The highest BCUT2D eigenvalue weighted by atomic mass is 28.5. The van der Waals surface area contributed by atoms with Crippen LogP contribution in [0.25, 0.3) is 0 Å². The van der Waals surface area contributed by atoms with Crippen molar-refractivity contribution in [2.24, 2.45) is 0 Å². The number of hydrogen-bond acceptors (Lipinski definition) is 4. The van der Waals surface area contributed by atoms with Crippen LogP contribution < -0.4 is 0 Å². The SMILES string of the molecule is CC[N+](C)(CC)CC(O)COCCC[Si](C)(O[Si](C)(C)C)O[Si](C)(C)C. The van der Waals surface area contributed by atoms with Crippen LogP contribution in [-0.4, -0.2) is 80.8 Å². The van der Waals surface area contributed by atoms with Crippen molar-refractivity contribution >= 4 is 25.2 Å². The summed E-state index contributed by atoms with van der Waals surface area (Å²) in [5.74, 6) is 0. The van der Waals surface area contributed by atoms with Crippen molar-refractivity contribution in [3.05, 3.63) is 0 Å². The second kappa shape index (κ2) is 10.8. The van der Waals surface area contributed by atoms with E-state index in [1.54, 1.807) is 0 Å². The predicted octanol–water partition coefficient (Wildman–Crippen LogP) is 4.02. The van der Waals surface area contributed by atoms with Gasteiger partial charge in [0.1, 0.15) is 12.6 Å². The van der Waals surface area contributed by atoms with Crippen molar-refractivity contribution in [3.63, 3.8) is 0 Å². The Morgan fingerprint density at radius 3 is 1.73 bits per heavy atom. The lowest BCUT2D eigenvalue weighted by molar-refractivity contribution is -0.909. The van der Waals surface area contributed by atoms with Crippen LogP contribution >= 0.6 is 0 Å². The zero-order chi connectivity index (χ0) is 20.6. The molecule has 5 nitrogen and oxygen atoms in total.